The van der Waals surface area contributed by atoms with Crippen molar-refractivity contribution in [2.75, 3.05) is 26.7 Å². The predicted molar refractivity (Wildman–Crippen MR) is 116 cm³/mol. The molecule has 1 amide bonds. The van der Waals surface area contributed by atoms with Gasteiger partial charge in [0.2, 0.25) is 5.91 Å². The van der Waals surface area contributed by atoms with Crippen LogP contribution >= 0.6 is 24.8 Å². The van der Waals surface area contributed by atoms with Gasteiger partial charge in [0, 0.05) is 44.5 Å². The van der Waals surface area contributed by atoms with Gasteiger partial charge >= 0.3 is 0 Å². The molecule has 3 heterocycles. The highest BCUT2D eigenvalue weighted by molar-refractivity contribution is 5.86. The molecule has 0 bridgehead atoms. The van der Waals surface area contributed by atoms with E-state index in [-0.39, 0.29) is 36.3 Å². The molecule has 2 saturated heterocycles. The number of carbonyl (C=O) groups is 1. The van der Waals surface area contributed by atoms with Crippen LogP contribution in [-0.2, 0) is 11.3 Å². The summed E-state index contributed by atoms with van der Waals surface area (Å²) >= 11 is 0. The van der Waals surface area contributed by atoms with E-state index in [1.165, 1.54) is 5.56 Å². The minimum atomic E-state index is -0.239. The predicted octanol–water partition coefficient (Wildman–Crippen LogP) is 2.93. The lowest BCUT2D eigenvalue weighted by atomic mass is 9.89. The number of aromatic nitrogens is 2. The molecule has 1 aliphatic carbocycles. The van der Waals surface area contributed by atoms with Gasteiger partial charge in [0.05, 0.1) is 24.9 Å². The molecule has 2 aromatic rings. The van der Waals surface area contributed by atoms with Crippen LogP contribution in [0.1, 0.15) is 24.4 Å². The number of ether oxygens (including phenoxy) is 1. The minimum Gasteiger partial charge on any atom is -0.497 e. The van der Waals surface area contributed by atoms with Crippen molar-refractivity contribution < 1.29 is 9.53 Å². The number of fused-ring (bicyclic) bond motifs is 1. The zero-order valence-corrected chi connectivity index (χ0v) is 18.1. The number of rotatable bonds is 5. The van der Waals surface area contributed by atoms with Crippen molar-refractivity contribution in [2.24, 2.45) is 17.3 Å². The first-order valence-corrected chi connectivity index (χ1v) is 9.82. The second-order valence-electron chi connectivity index (χ2n) is 8.27. The van der Waals surface area contributed by atoms with E-state index in [2.05, 4.69) is 27.3 Å². The summed E-state index contributed by atoms with van der Waals surface area (Å²) in [5, 5.41) is 3.52. The Hall–Kier alpha value is -1.76. The number of carbonyl (C=O) groups excluding carboxylic acids is 1. The molecular formula is C21H28Cl2N4O2. The second kappa shape index (κ2) is 8.54. The van der Waals surface area contributed by atoms with E-state index in [1.54, 1.807) is 13.3 Å². The molecular weight excluding hydrogens is 411 g/mol. The Labute approximate surface area is 183 Å². The van der Waals surface area contributed by atoms with Crippen molar-refractivity contribution in [3.05, 3.63) is 48.5 Å². The molecule has 0 unspecified atom stereocenters. The largest absolute Gasteiger partial charge is 0.497 e. The average molecular weight is 439 g/mol. The lowest BCUT2D eigenvalue weighted by Gasteiger charge is -2.32. The minimum absolute atomic E-state index is 0. The molecule has 6 nitrogen and oxygen atoms in total. The van der Waals surface area contributed by atoms with E-state index in [1.807, 2.05) is 29.2 Å². The van der Waals surface area contributed by atoms with Crippen molar-refractivity contribution >= 4 is 30.7 Å². The maximum atomic E-state index is 13.6. The number of methoxy groups -OCH3 is 1. The van der Waals surface area contributed by atoms with E-state index in [9.17, 15) is 4.79 Å². The number of nitrogens with zero attached hydrogens (tertiary/aromatic N) is 3. The van der Waals surface area contributed by atoms with Crippen molar-refractivity contribution in [1.29, 1.82) is 0 Å². The summed E-state index contributed by atoms with van der Waals surface area (Å²) in [6.45, 7) is 3.60. The lowest BCUT2D eigenvalue weighted by Crippen LogP contribution is -2.41. The van der Waals surface area contributed by atoms with Gasteiger partial charge in [-0.1, -0.05) is 12.1 Å². The summed E-state index contributed by atoms with van der Waals surface area (Å²) in [6.07, 6.45) is 7.51. The molecule has 8 heteroatoms. The number of likely N-dealkylation sites (tertiary alicyclic amines) is 1. The first-order chi connectivity index (χ1) is 13.2. The van der Waals surface area contributed by atoms with Crippen LogP contribution in [0.5, 0.6) is 5.75 Å². The third-order valence-corrected chi connectivity index (χ3v) is 6.63. The fourth-order valence-electron chi connectivity index (χ4n) is 4.98. The average Bonchev–Trinajstić information content (AvgIpc) is 3.05. The molecule has 5 rings (SSSR count). The first kappa shape index (κ1) is 21.9. The summed E-state index contributed by atoms with van der Waals surface area (Å²) < 4.78 is 7.36. The van der Waals surface area contributed by atoms with Crippen LogP contribution in [-0.4, -0.2) is 47.1 Å². The van der Waals surface area contributed by atoms with E-state index in [0.29, 0.717) is 17.7 Å². The van der Waals surface area contributed by atoms with Gasteiger partial charge in [0.15, 0.2) is 0 Å². The normalized spacial score (nSPS) is 26.2. The van der Waals surface area contributed by atoms with Crippen molar-refractivity contribution in [3.63, 3.8) is 0 Å². The number of imidazole rings is 1. The molecule has 3 fully saturated rings. The Bertz CT molecular complexity index is 824. The van der Waals surface area contributed by atoms with Crippen molar-refractivity contribution in [3.8, 4) is 5.75 Å². The fourth-order valence-corrected chi connectivity index (χ4v) is 4.98. The van der Waals surface area contributed by atoms with Crippen LogP contribution in [0.2, 0.25) is 0 Å². The SMILES string of the molecule is COc1ccc([C@H]2[C@H]3CNC[C@H]3CN2C(=O)C2(Cn3ccnc3)CC2)cc1.Cl.Cl. The molecule has 1 N–H and O–H groups in total. The zero-order valence-electron chi connectivity index (χ0n) is 16.5. The number of nitrogens with one attached hydrogen (secondary N) is 1. The van der Waals surface area contributed by atoms with Gasteiger partial charge in [0.1, 0.15) is 5.75 Å². The summed E-state index contributed by atoms with van der Waals surface area (Å²) in [5.74, 6) is 2.22. The molecule has 1 aromatic carbocycles. The molecule has 3 aliphatic rings. The monoisotopic (exact) mass is 438 g/mol. The molecule has 0 radical (unpaired) electrons. The van der Waals surface area contributed by atoms with Crippen LogP contribution in [0, 0.1) is 17.3 Å². The molecule has 1 aromatic heterocycles. The number of hydrogen-bond donors (Lipinski definition) is 1. The van der Waals surface area contributed by atoms with Gasteiger partial charge in [-0.3, -0.25) is 4.79 Å². The Morgan fingerprint density at radius 2 is 2.00 bits per heavy atom. The summed E-state index contributed by atoms with van der Waals surface area (Å²) in [6, 6.07) is 8.42. The van der Waals surface area contributed by atoms with Crippen molar-refractivity contribution in [2.45, 2.75) is 25.4 Å². The van der Waals surface area contributed by atoms with E-state index >= 15 is 0 Å². The molecule has 29 heavy (non-hydrogen) atoms. The van der Waals surface area contributed by atoms with Crippen LogP contribution in [0.3, 0.4) is 0 Å². The van der Waals surface area contributed by atoms with Crippen LogP contribution < -0.4 is 10.1 Å². The quantitative estimate of drug-likeness (QED) is 0.779. The molecule has 1 saturated carbocycles. The number of hydrogen-bond acceptors (Lipinski definition) is 4. The van der Waals surface area contributed by atoms with Crippen LogP contribution in [0.4, 0.5) is 0 Å². The molecule has 2 aliphatic heterocycles. The highest BCUT2D eigenvalue weighted by atomic mass is 35.5. The lowest BCUT2D eigenvalue weighted by molar-refractivity contribution is -0.139. The zero-order chi connectivity index (χ0) is 18.4. The standard InChI is InChI=1S/C21H26N4O2.2ClH/c1-27-17-4-2-15(3-5-17)19-18-11-23-10-16(18)12-25(19)20(26)21(6-7-21)13-24-9-8-22-14-24;;/h2-5,8-9,14,16,18-19,23H,6-7,10-13H2,1H3;2*1H/t16-,18-,19-;;/m0../s1. The van der Waals surface area contributed by atoms with Gasteiger partial charge in [0.25, 0.3) is 0 Å². The second-order valence-corrected chi connectivity index (χ2v) is 8.27. The molecule has 158 valence electrons. The molecule has 3 atom stereocenters. The Balaban J connectivity index is 0.00000120. The summed E-state index contributed by atoms with van der Waals surface area (Å²) in [4.78, 5) is 20.0. The number of benzene rings is 1. The van der Waals surface area contributed by atoms with Gasteiger partial charge < -0.3 is 19.5 Å². The smallest absolute Gasteiger partial charge is 0.231 e. The summed E-state index contributed by atoms with van der Waals surface area (Å²) in [5.41, 5.74) is 0.982. The van der Waals surface area contributed by atoms with Gasteiger partial charge in [-0.05, 0) is 36.5 Å². The third kappa shape index (κ3) is 3.86. The maximum Gasteiger partial charge on any atom is 0.231 e. The summed E-state index contributed by atoms with van der Waals surface area (Å²) in [7, 11) is 1.68. The topological polar surface area (TPSA) is 59.4 Å². The van der Waals surface area contributed by atoms with Gasteiger partial charge in [-0.15, -0.1) is 24.8 Å². The third-order valence-electron chi connectivity index (χ3n) is 6.63. The molecule has 0 spiro atoms. The Kier molecular flexibility index (Phi) is 6.46. The Morgan fingerprint density at radius 3 is 2.62 bits per heavy atom. The fraction of sp³-hybridized carbons (Fsp3) is 0.524. The van der Waals surface area contributed by atoms with E-state index < -0.39 is 0 Å². The van der Waals surface area contributed by atoms with Crippen LogP contribution in [0.25, 0.3) is 0 Å². The highest BCUT2D eigenvalue weighted by Gasteiger charge is 2.56. The van der Waals surface area contributed by atoms with Crippen molar-refractivity contribution in [1.82, 2.24) is 19.8 Å². The van der Waals surface area contributed by atoms with Gasteiger partial charge in [-0.2, -0.15) is 0 Å². The van der Waals surface area contributed by atoms with Crippen LogP contribution in [0.15, 0.2) is 43.0 Å². The first-order valence-electron chi connectivity index (χ1n) is 9.82. The Morgan fingerprint density at radius 1 is 1.24 bits per heavy atom. The van der Waals surface area contributed by atoms with E-state index in [0.717, 1.165) is 44.8 Å². The highest BCUT2D eigenvalue weighted by Crippen LogP contribution is 2.53. The van der Waals surface area contributed by atoms with Gasteiger partial charge in [-0.25, -0.2) is 4.98 Å². The maximum absolute atomic E-state index is 13.6. The number of halogens is 2. The van der Waals surface area contributed by atoms with E-state index in [4.69, 9.17) is 4.74 Å². The number of amides is 1.